The van der Waals surface area contributed by atoms with Gasteiger partial charge in [0.2, 0.25) is 5.91 Å². The quantitative estimate of drug-likeness (QED) is 0.872. The largest absolute Gasteiger partial charge is 0.484 e. The number of hydrogen-bond acceptors (Lipinski definition) is 3. The number of carbonyl (C=O) groups is 2. The average molecular weight is 345 g/mol. The zero-order chi connectivity index (χ0) is 17.7. The fourth-order valence-corrected chi connectivity index (χ4v) is 2.25. The van der Waals surface area contributed by atoms with Crippen molar-refractivity contribution in [2.24, 2.45) is 0 Å². The first-order valence-electron chi connectivity index (χ1n) is 7.33. The highest BCUT2D eigenvalue weighted by atomic mass is 19.4. The maximum absolute atomic E-state index is 12.1. The van der Waals surface area contributed by atoms with Crippen LogP contribution in [0.5, 0.6) is 5.75 Å². The zero-order valence-electron chi connectivity index (χ0n) is 13.0. The van der Waals surface area contributed by atoms with E-state index in [0.29, 0.717) is 12.1 Å². The van der Waals surface area contributed by atoms with Crippen molar-refractivity contribution in [2.45, 2.75) is 25.7 Å². The third-order valence-corrected chi connectivity index (χ3v) is 3.29. The molecule has 1 aliphatic rings. The molecular formula is C15H18F3N3O3. The first-order valence-corrected chi connectivity index (χ1v) is 7.33. The van der Waals surface area contributed by atoms with Crippen molar-refractivity contribution in [3.05, 3.63) is 29.8 Å². The molecule has 0 aromatic heterocycles. The summed E-state index contributed by atoms with van der Waals surface area (Å²) in [6.45, 7) is 1.07. The van der Waals surface area contributed by atoms with Gasteiger partial charge in [-0.25, -0.2) is 4.79 Å². The molecule has 1 atom stereocenters. The van der Waals surface area contributed by atoms with E-state index in [9.17, 15) is 22.8 Å². The topological polar surface area (TPSA) is 70.7 Å². The summed E-state index contributed by atoms with van der Waals surface area (Å²) in [5, 5.41) is 5.38. The number of nitrogens with one attached hydrogen (secondary N) is 2. The Balaban J connectivity index is 1.81. The lowest BCUT2D eigenvalue weighted by Gasteiger charge is -2.31. The summed E-state index contributed by atoms with van der Waals surface area (Å²) in [6.07, 6.45) is -4.38. The maximum atomic E-state index is 12.1. The van der Waals surface area contributed by atoms with Gasteiger partial charge in [-0.15, -0.1) is 0 Å². The summed E-state index contributed by atoms with van der Waals surface area (Å²) < 4.78 is 40.8. The normalized spacial score (nSPS) is 18.1. The molecule has 1 aromatic rings. The third-order valence-electron chi connectivity index (χ3n) is 3.29. The van der Waals surface area contributed by atoms with Crippen LogP contribution in [0.25, 0.3) is 0 Å². The molecule has 132 valence electrons. The number of urea groups is 1. The van der Waals surface area contributed by atoms with Crippen LogP contribution in [0, 0.1) is 0 Å². The van der Waals surface area contributed by atoms with Crippen molar-refractivity contribution in [1.82, 2.24) is 15.5 Å². The standard InChI is InChI=1S/C15H18F3N3O3/c1-10-7-21(8-13(22)20-10)14(23)19-6-11-2-4-12(5-3-11)24-9-15(16,17)18/h2-5,10H,6-9H2,1H3,(H,19,23)(H,20,22). The fraction of sp³-hybridized carbons (Fsp3) is 0.467. The Kier molecular flexibility index (Phi) is 5.53. The summed E-state index contributed by atoms with van der Waals surface area (Å²) in [5.74, 6) is -0.112. The molecule has 0 radical (unpaired) electrons. The number of nitrogens with zero attached hydrogens (tertiary/aromatic N) is 1. The smallest absolute Gasteiger partial charge is 0.422 e. The van der Waals surface area contributed by atoms with Gasteiger partial charge in [-0.2, -0.15) is 13.2 Å². The second kappa shape index (κ2) is 7.41. The zero-order valence-corrected chi connectivity index (χ0v) is 13.0. The molecule has 2 N–H and O–H groups in total. The van der Waals surface area contributed by atoms with Gasteiger partial charge in [-0.1, -0.05) is 12.1 Å². The lowest BCUT2D eigenvalue weighted by Crippen LogP contribution is -2.56. The second-order valence-corrected chi connectivity index (χ2v) is 5.56. The van der Waals surface area contributed by atoms with Gasteiger partial charge in [0.25, 0.3) is 0 Å². The van der Waals surface area contributed by atoms with Gasteiger partial charge in [-0.05, 0) is 24.6 Å². The predicted molar refractivity (Wildman–Crippen MR) is 79.4 cm³/mol. The van der Waals surface area contributed by atoms with Crippen molar-refractivity contribution in [3.8, 4) is 5.75 Å². The molecule has 0 spiro atoms. The lowest BCUT2D eigenvalue weighted by atomic mass is 10.2. The van der Waals surface area contributed by atoms with E-state index in [4.69, 9.17) is 0 Å². The average Bonchev–Trinajstić information content (AvgIpc) is 2.50. The van der Waals surface area contributed by atoms with Gasteiger partial charge >= 0.3 is 12.2 Å². The Labute approximate surface area is 137 Å². The summed E-state index contributed by atoms with van der Waals surface area (Å²) in [5.41, 5.74) is 0.706. The van der Waals surface area contributed by atoms with Crippen LogP contribution in [0.1, 0.15) is 12.5 Å². The molecule has 0 aliphatic carbocycles. The Morgan fingerprint density at radius 2 is 2.04 bits per heavy atom. The summed E-state index contributed by atoms with van der Waals surface area (Å²) in [6, 6.07) is 5.47. The number of carbonyl (C=O) groups excluding carboxylic acids is 2. The van der Waals surface area contributed by atoms with Crippen molar-refractivity contribution in [3.63, 3.8) is 0 Å². The summed E-state index contributed by atoms with van der Waals surface area (Å²) >= 11 is 0. The van der Waals surface area contributed by atoms with Crippen LogP contribution in [0.15, 0.2) is 24.3 Å². The van der Waals surface area contributed by atoms with Crippen LogP contribution in [0.3, 0.4) is 0 Å². The molecular weight excluding hydrogens is 327 g/mol. The molecule has 6 nitrogen and oxygen atoms in total. The Morgan fingerprint density at radius 1 is 1.38 bits per heavy atom. The molecule has 9 heteroatoms. The summed E-state index contributed by atoms with van der Waals surface area (Å²) in [4.78, 5) is 24.8. The summed E-state index contributed by atoms with van der Waals surface area (Å²) in [7, 11) is 0. The molecule has 3 amide bonds. The van der Waals surface area contributed by atoms with Crippen molar-refractivity contribution >= 4 is 11.9 Å². The van der Waals surface area contributed by atoms with E-state index in [-0.39, 0.29) is 36.8 Å². The van der Waals surface area contributed by atoms with Crippen LogP contribution in [0.2, 0.25) is 0 Å². The molecule has 1 unspecified atom stereocenters. The van der Waals surface area contributed by atoms with Crippen LogP contribution >= 0.6 is 0 Å². The van der Waals surface area contributed by atoms with Gasteiger partial charge in [0, 0.05) is 19.1 Å². The molecule has 1 aromatic carbocycles. The Hall–Kier alpha value is -2.45. The molecule has 0 saturated carbocycles. The van der Waals surface area contributed by atoms with Gasteiger partial charge in [-0.3, -0.25) is 4.79 Å². The van der Waals surface area contributed by atoms with E-state index < -0.39 is 12.8 Å². The molecule has 0 bridgehead atoms. The monoisotopic (exact) mass is 345 g/mol. The first-order chi connectivity index (χ1) is 11.2. The minimum atomic E-state index is -4.38. The van der Waals surface area contributed by atoms with Gasteiger partial charge in [0.1, 0.15) is 12.3 Å². The highest BCUT2D eigenvalue weighted by Gasteiger charge is 2.28. The van der Waals surface area contributed by atoms with Crippen molar-refractivity contribution < 1.29 is 27.5 Å². The fourth-order valence-electron chi connectivity index (χ4n) is 2.25. The van der Waals surface area contributed by atoms with Crippen molar-refractivity contribution in [2.75, 3.05) is 19.7 Å². The van der Waals surface area contributed by atoms with E-state index in [2.05, 4.69) is 15.4 Å². The predicted octanol–water partition coefficient (Wildman–Crippen LogP) is 1.66. The van der Waals surface area contributed by atoms with Crippen molar-refractivity contribution in [1.29, 1.82) is 0 Å². The minimum Gasteiger partial charge on any atom is -0.484 e. The van der Waals surface area contributed by atoms with Gasteiger partial charge in [0.15, 0.2) is 6.61 Å². The third kappa shape index (κ3) is 5.64. The number of halogens is 3. The highest BCUT2D eigenvalue weighted by molar-refractivity contribution is 5.85. The number of piperazine rings is 1. The molecule has 1 heterocycles. The molecule has 24 heavy (non-hydrogen) atoms. The van der Waals surface area contributed by atoms with E-state index in [1.807, 2.05) is 0 Å². The lowest BCUT2D eigenvalue weighted by molar-refractivity contribution is -0.153. The maximum Gasteiger partial charge on any atom is 0.422 e. The number of rotatable bonds is 4. The number of ether oxygens (including phenoxy) is 1. The van der Waals surface area contributed by atoms with Gasteiger partial charge < -0.3 is 20.3 Å². The van der Waals surface area contributed by atoms with E-state index in [1.54, 1.807) is 19.1 Å². The van der Waals surface area contributed by atoms with Gasteiger partial charge in [0.05, 0.1) is 0 Å². The number of alkyl halides is 3. The molecule has 1 fully saturated rings. The highest BCUT2D eigenvalue weighted by Crippen LogP contribution is 2.18. The Bertz CT molecular complexity index is 590. The first kappa shape index (κ1) is 17.9. The van der Waals surface area contributed by atoms with Crippen LogP contribution in [0.4, 0.5) is 18.0 Å². The van der Waals surface area contributed by atoms with E-state index in [1.165, 1.54) is 17.0 Å². The molecule has 2 rings (SSSR count). The van der Waals surface area contributed by atoms with E-state index in [0.717, 1.165) is 0 Å². The second-order valence-electron chi connectivity index (χ2n) is 5.56. The number of hydrogen-bond donors (Lipinski definition) is 2. The number of benzene rings is 1. The van der Waals surface area contributed by atoms with Crippen LogP contribution in [-0.4, -0.2) is 48.8 Å². The molecule has 1 saturated heterocycles. The van der Waals surface area contributed by atoms with Crippen LogP contribution in [-0.2, 0) is 11.3 Å². The Morgan fingerprint density at radius 3 is 2.62 bits per heavy atom. The molecule has 1 aliphatic heterocycles. The minimum absolute atomic E-state index is 0.000390. The van der Waals surface area contributed by atoms with E-state index >= 15 is 0 Å². The SMILES string of the molecule is CC1CN(C(=O)NCc2ccc(OCC(F)(F)F)cc2)CC(=O)N1. The number of amides is 3. The van der Waals surface area contributed by atoms with Crippen LogP contribution < -0.4 is 15.4 Å².